The summed E-state index contributed by atoms with van der Waals surface area (Å²) in [5, 5.41) is 8.83. The van der Waals surface area contributed by atoms with Gasteiger partial charge in [0.05, 0.1) is 22.1 Å². The first-order chi connectivity index (χ1) is 15.1. The Morgan fingerprint density at radius 3 is 2.68 bits per heavy atom. The topological polar surface area (TPSA) is 61.4 Å². The molecule has 1 atom stereocenters. The van der Waals surface area contributed by atoms with Gasteiger partial charge in [-0.3, -0.25) is 9.69 Å². The Bertz CT molecular complexity index is 1190. The van der Waals surface area contributed by atoms with E-state index in [0.29, 0.717) is 28.4 Å². The average Bonchev–Trinajstić information content (AvgIpc) is 3.25. The van der Waals surface area contributed by atoms with Crippen molar-refractivity contribution in [2.75, 3.05) is 15.5 Å². The van der Waals surface area contributed by atoms with Crippen LogP contribution in [0.25, 0.3) is 0 Å². The minimum absolute atomic E-state index is 0.0792. The SMILES string of the molecule is O=C1CCCC2=C1C(c1cccs1)N(C(=O)Nc1ccccc1Cl)c1ccccc1N2. The molecule has 2 heterocycles. The second-order valence-electron chi connectivity index (χ2n) is 7.51. The Labute approximate surface area is 189 Å². The average molecular weight is 450 g/mol. The van der Waals surface area contributed by atoms with Gasteiger partial charge >= 0.3 is 6.03 Å². The number of benzene rings is 2. The van der Waals surface area contributed by atoms with Crippen LogP contribution < -0.4 is 15.5 Å². The highest BCUT2D eigenvalue weighted by Gasteiger charge is 2.40. The molecular weight excluding hydrogens is 430 g/mol. The molecule has 2 aliphatic rings. The Hall–Kier alpha value is -3.09. The number of hydrogen-bond acceptors (Lipinski definition) is 4. The molecule has 1 aromatic heterocycles. The molecule has 0 spiro atoms. The Kier molecular flexibility index (Phi) is 5.26. The second-order valence-corrected chi connectivity index (χ2v) is 8.90. The Morgan fingerprint density at radius 1 is 1.06 bits per heavy atom. The highest BCUT2D eigenvalue weighted by molar-refractivity contribution is 7.10. The lowest BCUT2D eigenvalue weighted by atomic mass is 9.88. The summed E-state index contributed by atoms with van der Waals surface area (Å²) in [5.41, 5.74) is 3.61. The summed E-state index contributed by atoms with van der Waals surface area (Å²) in [6, 6.07) is 17.9. The van der Waals surface area contributed by atoms with E-state index in [1.165, 1.54) is 11.3 Å². The third-order valence-electron chi connectivity index (χ3n) is 5.58. The van der Waals surface area contributed by atoms with E-state index < -0.39 is 6.04 Å². The number of para-hydroxylation sites is 3. The molecule has 7 heteroatoms. The summed E-state index contributed by atoms with van der Waals surface area (Å²) in [5.74, 6) is 0.0792. The minimum Gasteiger partial charge on any atom is -0.357 e. The number of thiophene rings is 1. The van der Waals surface area contributed by atoms with Crippen LogP contribution in [0.15, 0.2) is 77.3 Å². The number of allylic oxidation sites excluding steroid dienone is 1. The molecule has 0 saturated heterocycles. The van der Waals surface area contributed by atoms with Crippen LogP contribution >= 0.6 is 22.9 Å². The third-order valence-corrected chi connectivity index (χ3v) is 6.84. The molecule has 2 aromatic carbocycles. The number of carbonyl (C=O) groups excluding carboxylic acids is 2. The number of halogens is 1. The van der Waals surface area contributed by atoms with Gasteiger partial charge in [0.25, 0.3) is 0 Å². The fraction of sp³-hybridized carbons (Fsp3) is 0.167. The van der Waals surface area contributed by atoms with E-state index in [4.69, 9.17) is 11.6 Å². The molecule has 1 aliphatic carbocycles. The zero-order valence-corrected chi connectivity index (χ0v) is 18.2. The van der Waals surface area contributed by atoms with E-state index in [0.717, 1.165) is 29.1 Å². The van der Waals surface area contributed by atoms with Crippen molar-refractivity contribution in [3.8, 4) is 0 Å². The van der Waals surface area contributed by atoms with E-state index in [1.807, 2.05) is 53.9 Å². The van der Waals surface area contributed by atoms with E-state index in [-0.39, 0.29) is 11.8 Å². The van der Waals surface area contributed by atoms with E-state index in [2.05, 4.69) is 10.6 Å². The van der Waals surface area contributed by atoms with Gasteiger partial charge in [-0.05, 0) is 48.6 Å². The van der Waals surface area contributed by atoms with Gasteiger partial charge in [-0.1, -0.05) is 41.9 Å². The van der Waals surface area contributed by atoms with Gasteiger partial charge in [-0.15, -0.1) is 11.3 Å². The summed E-state index contributed by atoms with van der Waals surface area (Å²) < 4.78 is 0. The molecule has 1 unspecified atom stereocenters. The van der Waals surface area contributed by atoms with Gasteiger partial charge in [0, 0.05) is 22.6 Å². The Morgan fingerprint density at radius 2 is 1.87 bits per heavy atom. The summed E-state index contributed by atoms with van der Waals surface area (Å²) >= 11 is 7.84. The number of nitrogens with one attached hydrogen (secondary N) is 2. The van der Waals surface area contributed by atoms with Crippen molar-refractivity contribution in [3.05, 3.63) is 87.2 Å². The van der Waals surface area contributed by atoms with Gasteiger partial charge in [-0.2, -0.15) is 0 Å². The maximum atomic E-state index is 13.7. The first-order valence-electron chi connectivity index (χ1n) is 10.1. The molecule has 1 aliphatic heterocycles. The lowest BCUT2D eigenvalue weighted by Gasteiger charge is -2.33. The standard InChI is InChI=1S/C24H20ClN3O2S/c25-15-7-1-2-8-16(15)27-24(30)28-19-11-4-3-9-17(19)26-18-10-5-12-20(29)22(18)23(28)21-13-6-14-31-21/h1-4,6-9,11,13-14,23,26H,5,10,12H2,(H,27,30). The summed E-state index contributed by atoms with van der Waals surface area (Å²) in [7, 11) is 0. The normalized spacial score (nSPS) is 18.0. The second kappa shape index (κ2) is 8.21. The van der Waals surface area contributed by atoms with Crippen LogP contribution in [-0.2, 0) is 4.79 Å². The number of rotatable bonds is 2. The smallest absolute Gasteiger partial charge is 0.327 e. The molecular formula is C24H20ClN3O2S. The number of nitrogens with zero attached hydrogens (tertiary/aromatic N) is 1. The van der Waals surface area contributed by atoms with Crippen molar-refractivity contribution in [3.63, 3.8) is 0 Å². The number of carbonyl (C=O) groups is 2. The quantitative estimate of drug-likeness (QED) is 0.462. The monoisotopic (exact) mass is 449 g/mol. The van der Waals surface area contributed by atoms with E-state index >= 15 is 0 Å². The van der Waals surface area contributed by atoms with Crippen molar-refractivity contribution in [1.29, 1.82) is 0 Å². The van der Waals surface area contributed by atoms with Gasteiger partial charge in [0.1, 0.15) is 6.04 Å². The van der Waals surface area contributed by atoms with Gasteiger partial charge in [-0.25, -0.2) is 4.79 Å². The molecule has 3 aromatic rings. The van der Waals surface area contributed by atoms with Crippen molar-refractivity contribution in [2.45, 2.75) is 25.3 Å². The number of urea groups is 1. The van der Waals surface area contributed by atoms with Crippen molar-refractivity contribution in [2.24, 2.45) is 0 Å². The van der Waals surface area contributed by atoms with E-state index in [9.17, 15) is 9.59 Å². The third kappa shape index (κ3) is 3.62. The number of fused-ring (bicyclic) bond motifs is 1. The van der Waals surface area contributed by atoms with Crippen LogP contribution in [0.5, 0.6) is 0 Å². The number of amides is 2. The Balaban J connectivity index is 1.69. The van der Waals surface area contributed by atoms with Crippen molar-refractivity contribution < 1.29 is 9.59 Å². The molecule has 0 fully saturated rings. The molecule has 0 bridgehead atoms. The maximum absolute atomic E-state index is 13.7. The highest BCUT2D eigenvalue weighted by Crippen LogP contribution is 2.46. The molecule has 0 saturated carbocycles. The zero-order valence-electron chi connectivity index (χ0n) is 16.6. The number of hydrogen-bond donors (Lipinski definition) is 2. The van der Waals surface area contributed by atoms with Crippen LogP contribution in [-0.4, -0.2) is 11.8 Å². The van der Waals surface area contributed by atoms with E-state index in [1.54, 1.807) is 17.0 Å². The van der Waals surface area contributed by atoms with Crippen LogP contribution in [0, 0.1) is 0 Å². The van der Waals surface area contributed by atoms with Gasteiger partial charge < -0.3 is 10.6 Å². The summed E-state index contributed by atoms with van der Waals surface area (Å²) in [4.78, 5) is 29.5. The lowest BCUT2D eigenvalue weighted by Crippen LogP contribution is -2.40. The maximum Gasteiger partial charge on any atom is 0.327 e. The van der Waals surface area contributed by atoms with Crippen LogP contribution in [0.3, 0.4) is 0 Å². The molecule has 5 nitrogen and oxygen atoms in total. The largest absolute Gasteiger partial charge is 0.357 e. The van der Waals surface area contributed by atoms with Crippen LogP contribution in [0.4, 0.5) is 21.9 Å². The fourth-order valence-corrected chi connectivity index (χ4v) is 5.22. The van der Waals surface area contributed by atoms with Crippen molar-refractivity contribution in [1.82, 2.24) is 0 Å². The predicted molar refractivity (Wildman–Crippen MR) is 126 cm³/mol. The lowest BCUT2D eigenvalue weighted by molar-refractivity contribution is -0.116. The van der Waals surface area contributed by atoms with Crippen LogP contribution in [0.1, 0.15) is 30.2 Å². The first kappa shape index (κ1) is 19.8. The zero-order chi connectivity index (χ0) is 21.4. The molecule has 5 rings (SSSR count). The molecule has 31 heavy (non-hydrogen) atoms. The number of ketones is 1. The highest BCUT2D eigenvalue weighted by atomic mass is 35.5. The van der Waals surface area contributed by atoms with Gasteiger partial charge in [0.2, 0.25) is 0 Å². The molecule has 2 amide bonds. The fourth-order valence-electron chi connectivity index (χ4n) is 4.21. The number of anilines is 3. The first-order valence-corrected chi connectivity index (χ1v) is 11.4. The molecule has 156 valence electrons. The van der Waals surface area contributed by atoms with Crippen LogP contribution in [0.2, 0.25) is 5.02 Å². The van der Waals surface area contributed by atoms with Gasteiger partial charge in [0.15, 0.2) is 5.78 Å². The molecule has 0 radical (unpaired) electrons. The summed E-state index contributed by atoms with van der Waals surface area (Å²) in [6.07, 6.45) is 2.06. The molecule has 2 N–H and O–H groups in total. The summed E-state index contributed by atoms with van der Waals surface area (Å²) in [6.45, 7) is 0. The predicted octanol–water partition coefficient (Wildman–Crippen LogP) is 6.61. The number of Topliss-reactive ketones (excluding diaryl/α,β-unsaturated/α-hetero) is 1. The van der Waals surface area contributed by atoms with Crippen molar-refractivity contribution >= 4 is 51.8 Å². The minimum atomic E-state index is -0.513.